The predicted octanol–water partition coefficient (Wildman–Crippen LogP) is 4.75. The Morgan fingerprint density at radius 1 is 1.34 bits per heavy atom. The van der Waals surface area contributed by atoms with Gasteiger partial charge >= 0.3 is 0 Å². The van der Waals surface area contributed by atoms with Gasteiger partial charge in [-0.1, -0.05) is 34.6 Å². The van der Waals surface area contributed by atoms with Gasteiger partial charge in [0.1, 0.15) is 26.3 Å². The van der Waals surface area contributed by atoms with Gasteiger partial charge in [-0.25, -0.2) is 14.3 Å². The fourth-order valence-electron chi connectivity index (χ4n) is 3.19. The molecule has 7 nitrogen and oxygen atoms in total. The van der Waals surface area contributed by atoms with Crippen molar-refractivity contribution >= 4 is 27.6 Å². The molecule has 0 fully saturated rings. The zero-order valence-electron chi connectivity index (χ0n) is 20.3. The van der Waals surface area contributed by atoms with Gasteiger partial charge in [0, 0.05) is 5.69 Å². The summed E-state index contributed by atoms with van der Waals surface area (Å²) in [5.41, 5.74) is 2.34. The van der Waals surface area contributed by atoms with E-state index in [0.29, 0.717) is 23.4 Å². The van der Waals surface area contributed by atoms with E-state index in [4.69, 9.17) is 5.14 Å². The molecule has 1 aromatic heterocycles. The molecule has 0 radical (unpaired) electrons. The standard InChI is InChI=1S/C23H36N4O3S2/c1-9-17(23(7,8)29)13-31-16(6)32(25,30)27-21(28)11-20-19(14(2)3)10-18(12-24)26-22(20)15(4)5/h10,13-16,29H,9,11H2,1-8H3,(H2,25,27,28,30)/b17-13+. The summed E-state index contributed by atoms with van der Waals surface area (Å²) in [6, 6.07) is 3.78. The van der Waals surface area contributed by atoms with E-state index in [9.17, 15) is 19.4 Å². The topological polar surface area (TPSA) is 129 Å². The summed E-state index contributed by atoms with van der Waals surface area (Å²) in [4.78, 5) is 17.2. The van der Waals surface area contributed by atoms with Gasteiger partial charge in [0.15, 0.2) is 0 Å². The summed E-state index contributed by atoms with van der Waals surface area (Å²) in [6.45, 7) is 14.8. The molecule has 0 aliphatic heterocycles. The molecule has 1 heterocycles. The number of rotatable bonds is 9. The molecule has 0 aliphatic rings. The minimum absolute atomic E-state index is 0.000232. The Hall–Kier alpha value is -1.73. The molecule has 1 aromatic rings. The Morgan fingerprint density at radius 2 is 1.94 bits per heavy atom. The van der Waals surface area contributed by atoms with E-state index < -0.39 is 26.0 Å². The Morgan fingerprint density at radius 3 is 2.38 bits per heavy atom. The molecule has 9 heteroatoms. The summed E-state index contributed by atoms with van der Waals surface area (Å²) in [5, 5.41) is 27.2. The van der Waals surface area contributed by atoms with E-state index >= 15 is 0 Å². The van der Waals surface area contributed by atoms with Crippen LogP contribution >= 0.6 is 11.8 Å². The Balaban J connectivity index is 3.28. The summed E-state index contributed by atoms with van der Waals surface area (Å²) >= 11 is 1.20. The van der Waals surface area contributed by atoms with Crippen LogP contribution in [0.25, 0.3) is 0 Å². The first kappa shape index (κ1) is 28.3. The third-order valence-electron chi connectivity index (χ3n) is 5.09. The number of nitrogens with two attached hydrogens (primary N) is 1. The lowest BCUT2D eigenvalue weighted by Crippen LogP contribution is -2.25. The van der Waals surface area contributed by atoms with Gasteiger partial charge in [0.25, 0.3) is 5.91 Å². The van der Waals surface area contributed by atoms with Gasteiger partial charge in [0.05, 0.1) is 12.0 Å². The van der Waals surface area contributed by atoms with Crippen molar-refractivity contribution < 1.29 is 14.1 Å². The Kier molecular flexibility index (Phi) is 10.1. The quantitative estimate of drug-likeness (QED) is 0.524. The molecular weight excluding hydrogens is 444 g/mol. The van der Waals surface area contributed by atoms with Crippen LogP contribution in [-0.4, -0.2) is 30.4 Å². The van der Waals surface area contributed by atoms with Crippen molar-refractivity contribution in [1.29, 1.82) is 5.26 Å². The van der Waals surface area contributed by atoms with E-state index in [1.807, 2.05) is 34.6 Å². The van der Waals surface area contributed by atoms with Gasteiger partial charge in [0.2, 0.25) is 0 Å². The molecule has 1 rings (SSSR count). The van der Waals surface area contributed by atoms with Crippen molar-refractivity contribution in [3.8, 4) is 6.07 Å². The Bertz CT molecular complexity index is 996. The normalized spacial score (nSPS) is 15.4. The maximum atomic E-state index is 13.0. The van der Waals surface area contributed by atoms with E-state index in [2.05, 4.69) is 15.4 Å². The van der Waals surface area contributed by atoms with Crippen molar-refractivity contribution in [2.45, 2.75) is 90.3 Å². The highest BCUT2D eigenvalue weighted by molar-refractivity contribution is 8.15. The highest BCUT2D eigenvalue weighted by Gasteiger charge is 2.23. The van der Waals surface area contributed by atoms with E-state index in [0.717, 1.165) is 11.1 Å². The number of thioether (sulfide) groups is 1. The number of hydrogen-bond donors (Lipinski definition) is 2. The molecule has 0 bridgehead atoms. The minimum Gasteiger partial charge on any atom is -0.386 e. The molecule has 2 atom stereocenters. The van der Waals surface area contributed by atoms with E-state index in [-0.39, 0.29) is 18.3 Å². The van der Waals surface area contributed by atoms with Crippen LogP contribution in [0.4, 0.5) is 0 Å². The second-order valence-corrected chi connectivity index (χ2v) is 12.5. The highest BCUT2D eigenvalue weighted by Crippen LogP contribution is 2.29. The number of nitrogens with zero attached hydrogens (tertiary/aromatic N) is 3. The van der Waals surface area contributed by atoms with Gasteiger partial charge in [-0.2, -0.15) is 5.26 Å². The van der Waals surface area contributed by atoms with Crippen LogP contribution in [0.15, 0.2) is 21.4 Å². The second kappa shape index (κ2) is 11.4. The maximum absolute atomic E-state index is 13.0. The largest absolute Gasteiger partial charge is 0.386 e. The molecule has 178 valence electrons. The van der Waals surface area contributed by atoms with Gasteiger partial charge in [-0.15, -0.1) is 16.1 Å². The second-order valence-electron chi connectivity index (χ2n) is 8.92. The molecule has 32 heavy (non-hydrogen) atoms. The lowest BCUT2D eigenvalue weighted by atomic mass is 9.90. The lowest BCUT2D eigenvalue weighted by Gasteiger charge is -2.21. The van der Waals surface area contributed by atoms with Crippen LogP contribution in [0.5, 0.6) is 0 Å². The number of amides is 1. The number of pyridine rings is 1. The van der Waals surface area contributed by atoms with Gasteiger partial charge in [-0.3, -0.25) is 4.79 Å². The highest BCUT2D eigenvalue weighted by atomic mass is 32.3. The van der Waals surface area contributed by atoms with Crippen molar-refractivity contribution in [3.63, 3.8) is 0 Å². The van der Waals surface area contributed by atoms with E-state index in [1.165, 1.54) is 11.8 Å². The van der Waals surface area contributed by atoms with Crippen molar-refractivity contribution in [1.82, 2.24) is 4.98 Å². The zero-order chi connectivity index (χ0) is 24.9. The summed E-state index contributed by atoms with van der Waals surface area (Å²) < 4.78 is 16.2. The SMILES string of the molecule is CC/C(=C\SC(C)S(N)(=O)=NC(=O)Cc1c(C(C)C)cc(C#N)nc1C(C)C)C(C)(C)O. The number of carbonyl (C=O) groups is 1. The minimum atomic E-state index is -3.32. The van der Waals surface area contributed by atoms with Crippen LogP contribution in [0.3, 0.4) is 0 Å². The van der Waals surface area contributed by atoms with Crippen molar-refractivity contribution in [2.75, 3.05) is 0 Å². The molecule has 0 spiro atoms. The third kappa shape index (κ3) is 7.69. The summed E-state index contributed by atoms with van der Waals surface area (Å²) in [7, 11) is -3.32. The molecule has 0 aromatic carbocycles. The first-order valence-electron chi connectivity index (χ1n) is 10.7. The van der Waals surface area contributed by atoms with Crippen LogP contribution in [0.1, 0.15) is 96.2 Å². The molecular formula is C23H36N4O3S2. The average molecular weight is 481 g/mol. The van der Waals surface area contributed by atoms with Gasteiger partial charge in [-0.05, 0) is 67.2 Å². The third-order valence-corrected chi connectivity index (χ3v) is 8.50. The molecule has 0 saturated heterocycles. The molecule has 0 saturated carbocycles. The monoisotopic (exact) mass is 480 g/mol. The van der Waals surface area contributed by atoms with Crippen LogP contribution in [0, 0.1) is 11.3 Å². The summed E-state index contributed by atoms with van der Waals surface area (Å²) in [5.74, 6) is -0.510. The number of carbonyl (C=O) groups excluding carboxylic acids is 1. The smallest absolute Gasteiger partial charge is 0.259 e. The fraction of sp³-hybridized carbons (Fsp3) is 0.609. The number of aliphatic hydroxyl groups is 1. The lowest BCUT2D eigenvalue weighted by molar-refractivity contribution is -0.117. The first-order chi connectivity index (χ1) is 14.6. The number of aromatic nitrogens is 1. The van der Waals surface area contributed by atoms with Gasteiger partial charge < -0.3 is 5.11 Å². The van der Waals surface area contributed by atoms with E-state index in [1.54, 1.807) is 32.2 Å². The van der Waals surface area contributed by atoms with Crippen molar-refractivity contribution in [2.24, 2.45) is 9.50 Å². The Labute approximate surface area is 197 Å². The van der Waals surface area contributed by atoms with Crippen molar-refractivity contribution in [3.05, 3.63) is 39.6 Å². The zero-order valence-corrected chi connectivity index (χ0v) is 21.9. The molecule has 2 unspecified atom stereocenters. The average Bonchev–Trinajstić information content (AvgIpc) is 2.66. The van der Waals surface area contributed by atoms with Crippen LogP contribution in [0.2, 0.25) is 0 Å². The number of hydrogen-bond acceptors (Lipinski definition) is 6. The maximum Gasteiger partial charge on any atom is 0.259 e. The predicted molar refractivity (Wildman–Crippen MR) is 132 cm³/mol. The first-order valence-corrected chi connectivity index (χ1v) is 13.3. The molecule has 1 amide bonds. The molecule has 3 N–H and O–H groups in total. The van der Waals surface area contributed by atoms with Crippen LogP contribution < -0.4 is 5.14 Å². The number of nitriles is 1. The summed E-state index contributed by atoms with van der Waals surface area (Å²) in [6.07, 6.45) is 0.553. The fourth-order valence-corrected chi connectivity index (χ4v) is 5.46. The molecule has 0 aliphatic carbocycles. The van der Waals surface area contributed by atoms with Crippen LogP contribution in [-0.2, 0) is 21.1 Å².